The molecular formula is C21H40N4O. The third-order valence-electron chi connectivity index (χ3n) is 7.23. The fourth-order valence-corrected chi connectivity index (χ4v) is 5.26. The molecule has 3 aliphatic rings. The number of hydrogen-bond donors (Lipinski definition) is 0. The Balaban J connectivity index is 1.40. The molecular weight excluding hydrogens is 324 g/mol. The lowest BCUT2D eigenvalue weighted by molar-refractivity contribution is 0.0431. The average molecular weight is 365 g/mol. The van der Waals surface area contributed by atoms with Gasteiger partial charge in [0.2, 0.25) is 0 Å². The fraction of sp³-hybridized carbons (Fsp3) is 0.952. The van der Waals surface area contributed by atoms with Crippen molar-refractivity contribution in [2.75, 3.05) is 60.4 Å². The number of urea groups is 1. The Morgan fingerprint density at radius 2 is 1.46 bits per heavy atom. The van der Waals surface area contributed by atoms with E-state index in [2.05, 4.69) is 40.7 Å². The Kier molecular flexibility index (Phi) is 6.84. The number of piperidine rings is 1. The van der Waals surface area contributed by atoms with Crippen LogP contribution in [0.5, 0.6) is 0 Å². The predicted molar refractivity (Wildman–Crippen MR) is 108 cm³/mol. The van der Waals surface area contributed by atoms with Gasteiger partial charge in [0.15, 0.2) is 0 Å². The van der Waals surface area contributed by atoms with E-state index in [1.165, 1.54) is 70.9 Å². The number of carbonyl (C=O) groups excluding carboxylic acids is 1. The van der Waals surface area contributed by atoms with Crippen molar-refractivity contribution in [3.8, 4) is 0 Å². The predicted octanol–water partition coefficient (Wildman–Crippen LogP) is 3.11. The molecule has 0 bridgehead atoms. The van der Waals surface area contributed by atoms with E-state index in [1.807, 2.05) is 0 Å². The lowest BCUT2D eigenvalue weighted by Gasteiger charge is -2.47. The van der Waals surface area contributed by atoms with Gasteiger partial charge in [-0.25, -0.2) is 4.79 Å². The highest BCUT2D eigenvalue weighted by molar-refractivity contribution is 5.74. The maximum Gasteiger partial charge on any atom is 0.319 e. The summed E-state index contributed by atoms with van der Waals surface area (Å²) in [6.07, 6.45) is 11.5. The number of rotatable bonds is 5. The molecule has 0 aromatic heterocycles. The highest BCUT2D eigenvalue weighted by atomic mass is 16.2. The number of amides is 2. The van der Waals surface area contributed by atoms with Gasteiger partial charge in [-0.05, 0) is 97.4 Å². The minimum atomic E-state index is 0.312. The SMILES string of the molecule is CN(C)CCCN(C)C1CCC2(CC1)CCN(C(=O)N1CCCC1)CC2. The molecule has 0 aromatic carbocycles. The van der Waals surface area contributed by atoms with Crippen molar-refractivity contribution in [1.82, 2.24) is 19.6 Å². The Morgan fingerprint density at radius 1 is 0.885 bits per heavy atom. The van der Waals surface area contributed by atoms with Crippen LogP contribution in [0.3, 0.4) is 0 Å². The van der Waals surface area contributed by atoms with Crippen LogP contribution in [-0.4, -0.2) is 92.1 Å². The van der Waals surface area contributed by atoms with Crippen LogP contribution in [0.4, 0.5) is 4.79 Å². The van der Waals surface area contributed by atoms with Crippen LogP contribution in [0.2, 0.25) is 0 Å². The Morgan fingerprint density at radius 3 is 2.04 bits per heavy atom. The molecule has 150 valence electrons. The van der Waals surface area contributed by atoms with E-state index in [0.29, 0.717) is 11.4 Å². The van der Waals surface area contributed by atoms with Crippen molar-refractivity contribution in [2.24, 2.45) is 5.41 Å². The fourth-order valence-electron chi connectivity index (χ4n) is 5.26. The van der Waals surface area contributed by atoms with Crippen LogP contribution >= 0.6 is 0 Å². The molecule has 0 atom stereocenters. The van der Waals surface area contributed by atoms with Gasteiger partial charge in [0.25, 0.3) is 0 Å². The van der Waals surface area contributed by atoms with Crippen LogP contribution in [-0.2, 0) is 0 Å². The Hall–Kier alpha value is -0.810. The third kappa shape index (κ3) is 4.92. The van der Waals surface area contributed by atoms with Crippen LogP contribution in [0, 0.1) is 5.41 Å². The maximum atomic E-state index is 12.6. The molecule has 1 saturated carbocycles. The highest BCUT2D eigenvalue weighted by Gasteiger charge is 2.40. The lowest BCUT2D eigenvalue weighted by atomic mass is 9.67. The highest BCUT2D eigenvalue weighted by Crippen LogP contribution is 2.45. The first-order chi connectivity index (χ1) is 12.5. The van der Waals surface area contributed by atoms with Gasteiger partial charge in [-0.1, -0.05) is 0 Å². The van der Waals surface area contributed by atoms with Crippen molar-refractivity contribution < 1.29 is 4.79 Å². The van der Waals surface area contributed by atoms with E-state index >= 15 is 0 Å². The van der Waals surface area contributed by atoms with Crippen molar-refractivity contribution in [3.63, 3.8) is 0 Å². The number of nitrogens with zero attached hydrogens (tertiary/aromatic N) is 4. The van der Waals surface area contributed by atoms with Gasteiger partial charge in [-0.2, -0.15) is 0 Å². The molecule has 0 unspecified atom stereocenters. The number of carbonyl (C=O) groups is 1. The van der Waals surface area contributed by atoms with E-state index in [0.717, 1.165) is 32.2 Å². The van der Waals surface area contributed by atoms with Gasteiger partial charge in [-0.15, -0.1) is 0 Å². The normalized spacial score (nSPS) is 24.2. The first kappa shape index (κ1) is 19.9. The molecule has 3 rings (SSSR count). The average Bonchev–Trinajstić information content (AvgIpc) is 3.17. The van der Waals surface area contributed by atoms with Crippen LogP contribution < -0.4 is 0 Å². The van der Waals surface area contributed by atoms with Crippen molar-refractivity contribution in [1.29, 1.82) is 0 Å². The summed E-state index contributed by atoms with van der Waals surface area (Å²) in [4.78, 5) is 21.7. The van der Waals surface area contributed by atoms with Crippen LogP contribution in [0.1, 0.15) is 57.8 Å². The van der Waals surface area contributed by atoms with E-state index in [-0.39, 0.29) is 0 Å². The number of likely N-dealkylation sites (tertiary alicyclic amines) is 2. The molecule has 5 heteroatoms. The minimum absolute atomic E-state index is 0.312. The van der Waals surface area contributed by atoms with Crippen molar-refractivity contribution in [2.45, 2.75) is 63.8 Å². The lowest BCUT2D eigenvalue weighted by Crippen LogP contribution is -2.50. The summed E-state index contributed by atoms with van der Waals surface area (Å²) in [5.41, 5.74) is 0.531. The molecule has 2 heterocycles. The smallest absolute Gasteiger partial charge is 0.319 e. The van der Waals surface area contributed by atoms with E-state index in [9.17, 15) is 4.79 Å². The second-order valence-corrected chi connectivity index (χ2v) is 9.33. The van der Waals surface area contributed by atoms with Gasteiger partial charge >= 0.3 is 6.03 Å². The summed E-state index contributed by atoms with van der Waals surface area (Å²) < 4.78 is 0. The summed E-state index contributed by atoms with van der Waals surface area (Å²) in [6, 6.07) is 1.08. The van der Waals surface area contributed by atoms with E-state index < -0.39 is 0 Å². The topological polar surface area (TPSA) is 30.0 Å². The second kappa shape index (κ2) is 8.92. The zero-order chi connectivity index (χ0) is 18.6. The molecule has 0 radical (unpaired) electrons. The van der Waals surface area contributed by atoms with E-state index in [1.54, 1.807) is 0 Å². The molecule has 0 N–H and O–H groups in total. The summed E-state index contributed by atoms with van der Waals surface area (Å²) in [5, 5.41) is 0. The summed E-state index contributed by atoms with van der Waals surface area (Å²) in [7, 11) is 6.63. The van der Waals surface area contributed by atoms with Crippen LogP contribution in [0.25, 0.3) is 0 Å². The number of hydrogen-bond acceptors (Lipinski definition) is 3. The molecule has 26 heavy (non-hydrogen) atoms. The standard InChI is InChI=1S/C21H40N4O/c1-22(2)13-6-14-23(3)19-7-9-21(10-8-19)11-17-25(18-12-21)20(26)24-15-4-5-16-24/h19H,4-18H2,1-3H3. The monoisotopic (exact) mass is 364 g/mol. The molecule has 2 saturated heterocycles. The molecule has 1 spiro atoms. The minimum Gasteiger partial charge on any atom is -0.325 e. The Labute approximate surface area is 160 Å². The third-order valence-corrected chi connectivity index (χ3v) is 7.23. The van der Waals surface area contributed by atoms with Gasteiger partial charge in [-0.3, -0.25) is 0 Å². The maximum absolute atomic E-state index is 12.6. The first-order valence-corrected chi connectivity index (χ1v) is 10.9. The first-order valence-electron chi connectivity index (χ1n) is 10.9. The van der Waals surface area contributed by atoms with Crippen molar-refractivity contribution in [3.05, 3.63) is 0 Å². The molecule has 3 fully saturated rings. The summed E-state index contributed by atoms with van der Waals surface area (Å²) >= 11 is 0. The second-order valence-electron chi connectivity index (χ2n) is 9.33. The van der Waals surface area contributed by atoms with Crippen LogP contribution in [0.15, 0.2) is 0 Å². The summed E-state index contributed by atoms with van der Waals surface area (Å²) in [6.45, 7) is 6.32. The Bertz CT molecular complexity index is 443. The molecule has 1 aliphatic carbocycles. The van der Waals surface area contributed by atoms with E-state index in [4.69, 9.17) is 0 Å². The van der Waals surface area contributed by atoms with Gasteiger partial charge in [0.05, 0.1) is 0 Å². The zero-order valence-electron chi connectivity index (χ0n) is 17.4. The largest absolute Gasteiger partial charge is 0.325 e. The molecule has 0 aromatic rings. The molecule has 2 amide bonds. The van der Waals surface area contributed by atoms with Crippen molar-refractivity contribution >= 4 is 6.03 Å². The quantitative estimate of drug-likeness (QED) is 0.751. The van der Waals surface area contributed by atoms with Gasteiger partial charge < -0.3 is 19.6 Å². The summed E-state index contributed by atoms with van der Waals surface area (Å²) in [5.74, 6) is 0. The molecule has 5 nitrogen and oxygen atoms in total. The molecule has 2 aliphatic heterocycles. The zero-order valence-corrected chi connectivity index (χ0v) is 17.4. The van der Waals surface area contributed by atoms with Gasteiger partial charge in [0.1, 0.15) is 0 Å². The van der Waals surface area contributed by atoms with Gasteiger partial charge in [0, 0.05) is 32.2 Å².